The maximum atomic E-state index is 8.56. The Kier molecular flexibility index (Phi) is 36.3. The summed E-state index contributed by atoms with van der Waals surface area (Å²) in [6.45, 7) is 0. The smallest absolute Gasteiger partial charge is 0.871 e. The van der Waals surface area contributed by atoms with Gasteiger partial charge in [-0.3, -0.25) is 0 Å². The molecular formula is CH3BLi2O6. The molecule has 0 aromatic carbocycles. The van der Waals surface area contributed by atoms with E-state index < -0.39 is 13.5 Å². The van der Waals surface area contributed by atoms with E-state index >= 15 is 0 Å². The van der Waals surface area contributed by atoms with Crippen LogP contribution in [0.1, 0.15) is 0 Å². The first kappa shape index (κ1) is 22.4. The fraction of sp³-hybridized carbons (Fsp3) is 0. The fourth-order valence-electron chi connectivity index (χ4n) is 0. The van der Waals surface area contributed by atoms with Gasteiger partial charge in [0, 0.05) is 0 Å². The van der Waals surface area contributed by atoms with Gasteiger partial charge in [-0.15, -0.1) is 0 Å². The molecule has 0 aliphatic rings. The minimum absolute atomic E-state index is 0. The van der Waals surface area contributed by atoms with E-state index in [4.69, 9.17) is 30.1 Å². The van der Waals surface area contributed by atoms with E-state index in [1.54, 1.807) is 0 Å². The third kappa shape index (κ3) is 2750. The summed E-state index contributed by atoms with van der Waals surface area (Å²) >= 11 is 0. The summed E-state index contributed by atoms with van der Waals surface area (Å²) in [6.07, 6.45) is -1.83. The van der Waals surface area contributed by atoms with Crippen molar-refractivity contribution < 1.29 is 67.8 Å². The van der Waals surface area contributed by atoms with E-state index in [2.05, 4.69) is 0 Å². The van der Waals surface area contributed by atoms with E-state index in [1.165, 1.54) is 0 Å². The van der Waals surface area contributed by atoms with Crippen LogP contribution in [0.5, 0.6) is 0 Å². The molecule has 48 valence electrons. The predicted molar refractivity (Wildman–Crippen MR) is 18.6 cm³/mol. The Bertz CT molecular complexity index is 60.0. The molecule has 0 atom stereocenters. The van der Waals surface area contributed by atoms with E-state index in [0.29, 0.717) is 0 Å². The zero-order chi connectivity index (χ0) is 7.15. The quantitative estimate of drug-likeness (QED) is 0.284. The van der Waals surface area contributed by atoms with Crippen LogP contribution in [0.25, 0.3) is 0 Å². The van der Waals surface area contributed by atoms with Gasteiger partial charge in [-0.1, -0.05) is 0 Å². The van der Waals surface area contributed by atoms with E-state index in [-0.39, 0.29) is 37.7 Å². The Hall–Kier alpha value is 0.410. The topological polar surface area (TPSA) is 124 Å². The van der Waals surface area contributed by atoms with Crippen molar-refractivity contribution in [2.24, 2.45) is 0 Å². The normalized spacial score (nSPS) is 5.10. The van der Waals surface area contributed by atoms with Crippen LogP contribution in [0.15, 0.2) is 0 Å². The largest absolute Gasteiger partial charge is 1.00 e. The van der Waals surface area contributed by atoms with E-state index in [0.717, 1.165) is 0 Å². The van der Waals surface area contributed by atoms with Gasteiger partial charge >= 0.3 is 43.9 Å². The summed E-state index contributed by atoms with van der Waals surface area (Å²) in [7, 11) is -2.67. The average Bonchev–Trinajstić information content (AvgIpc) is 1.25. The number of hydrogen-bond donors (Lipinski definition) is 3. The van der Waals surface area contributed by atoms with Gasteiger partial charge in [0.2, 0.25) is 0 Å². The standard InChI is InChI=1S/CH2O3.BHO3.2Li/c2*2-1(3)4;;/h(H2,2,3,4);2H;;/q;-2;2*+1. The molecule has 0 heterocycles. The van der Waals surface area contributed by atoms with Gasteiger partial charge in [0.15, 0.2) is 0 Å². The fourth-order valence-corrected chi connectivity index (χ4v) is 0. The molecular weight excluding hydrogens is 133 g/mol. The molecule has 3 N–H and O–H groups in total. The molecule has 0 unspecified atom stereocenters. The van der Waals surface area contributed by atoms with Gasteiger partial charge in [-0.05, 0) is 0 Å². The molecule has 0 aromatic heterocycles. The van der Waals surface area contributed by atoms with Crippen molar-refractivity contribution >= 4 is 13.5 Å². The second kappa shape index (κ2) is 16.2. The van der Waals surface area contributed by atoms with Crippen molar-refractivity contribution in [1.29, 1.82) is 0 Å². The Morgan fingerprint density at radius 3 is 1.20 bits per heavy atom. The molecule has 0 rings (SSSR count). The summed E-state index contributed by atoms with van der Waals surface area (Å²) in [5.41, 5.74) is 0. The molecule has 0 spiro atoms. The average molecular weight is 136 g/mol. The third-order valence-corrected chi connectivity index (χ3v) is 0. The van der Waals surface area contributed by atoms with Crippen LogP contribution in [0.3, 0.4) is 0 Å². The summed E-state index contributed by atoms with van der Waals surface area (Å²) < 4.78 is 0. The molecule has 0 radical (unpaired) electrons. The van der Waals surface area contributed by atoms with Crippen molar-refractivity contribution in [2.45, 2.75) is 0 Å². The van der Waals surface area contributed by atoms with Crippen molar-refractivity contribution in [2.75, 3.05) is 0 Å². The molecule has 6 nitrogen and oxygen atoms in total. The van der Waals surface area contributed by atoms with E-state index in [9.17, 15) is 0 Å². The monoisotopic (exact) mass is 136 g/mol. The number of carboxylic acid groups (broad SMARTS) is 2. The van der Waals surface area contributed by atoms with Crippen molar-refractivity contribution in [3.8, 4) is 0 Å². The van der Waals surface area contributed by atoms with Gasteiger partial charge in [-0.2, -0.15) is 0 Å². The second-order valence-electron chi connectivity index (χ2n) is 0.590. The SMILES string of the molecule is O=C(O)O.[Li+].[Li+].[O-]B([O-])O. The minimum Gasteiger partial charge on any atom is -0.871 e. The van der Waals surface area contributed by atoms with Crippen molar-refractivity contribution in [3.63, 3.8) is 0 Å². The first-order valence-corrected chi connectivity index (χ1v) is 1.38. The molecule has 0 amide bonds. The van der Waals surface area contributed by atoms with Crippen molar-refractivity contribution in [3.05, 3.63) is 0 Å². The summed E-state index contributed by atoms with van der Waals surface area (Å²) in [5, 5.41) is 37.9. The molecule has 0 fully saturated rings. The number of rotatable bonds is 0. The molecule has 9 heteroatoms. The van der Waals surface area contributed by atoms with Crippen LogP contribution in [-0.2, 0) is 0 Å². The Morgan fingerprint density at radius 1 is 1.20 bits per heavy atom. The third-order valence-electron chi connectivity index (χ3n) is 0. The van der Waals surface area contributed by atoms with Crippen LogP contribution in [0.4, 0.5) is 4.79 Å². The second-order valence-corrected chi connectivity index (χ2v) is 0.590. The van der Waals surface area contributed by atoms with Gasteiger partial charge in [0.1, 0.15) is 0 Å². The van der Waals surface area contributed by atoms with Crippen LogP contribution in [0.2, 0.25) is 0 Å². The first-order valence-electron chi connectivity index (χ1n) is 1.38. The molecule has 10 heavy (non-hydrogen) atoms. The van der Waals surface area contributed by atoms with Gasteiger partial charge in [0.25, 0.3) is 0 Å². The Morgan fingerprint density at radius 2 is 1.20 bits per heavy atom. The molecule has 0 bridgehead atoms. The maximum absolute atomic E-state index is 8.56. The molecule has 0 aliphatic heterocycles. The number of carbonyl (C=O) groups is 1. The van der Waals surface area contributed by atoms with Gasteiger partial charge < -0.3 is 25.3 Å². The Balaban J connectivity index is -0.0000000300. The maximum Gasteiger partial charge on any atom is 1.00 e. The van der Waals surface area contributed by atoms with Crippen LogP contribution in [-0.4, -0.2) is 28.7 Å². The minimum atomic E-state index is -2.67. The summed E-state index contributed by atoms with van der Waals surface area (Å²) in [5.74, 6) is 0. The zero-order valence-corrected chi connectivity index (χ0v) is 5.64. The van der Waals surface area contributed by atoms with Crippen LogP contribution >= 0.6 is 0 Å². The van der Waals surface area contributed by atoms with Crippen LogP contribution in [0, 0.1) is 0 Å². The summed E-state index contributed by atoms with van der Waals surface area (Å²) in [6, 6.07) is 0. The predicted octanol–water partition coefficient (Wildman–Crippen LogP) is -9.09. The molecule has 0 saturated heterocycles. The van der Waals surface area contributed by atoms with Crippen molar-refractivity contribution in [1.82, 2.24) is 0 Å². The van der Waals surface area contributed by atoms with E-state index in [1.807, 2.05) is 0 Å². The number of hydrogen-bond acceptors (Lipinski definition) is 4. The molecule has 0 saturated carbocycles. The van der Waals surface area contributed by atoms with Crippen LogP contribution < -0.4 is 47.8 Å². The first-order chi connectivity index (χ1) is 3.46. The zero-order valence-electron chi connectivity index (χ0n) is 5.64. The molecule has 0 aromatic rings. The Labute approximate surface area is 81.4 Å². The molecule has 0 aliphatic carbocycles. The van der Waals surface area contributed by atoms with Gasteiger partial charge in [0.05, 0.1) is 7.32 Å². The summed E-state index contributed by atoms with van der Waals surface area (Å²) in [4.78, 5) is 8.56. The van der Waals surface area contributed by atoms with Gasteiger partial charge in [-0.25, -0.2) is 4.79 Å².